The summed E-state index contributed by atoms with van der Waals surface area (Å²) in [5, 5.41) is 1.39. The third-order valence-electron chi connectivity index (χ3n) is 4.85. The van der Waals surface area contributed by atoms with Gasteiger partial charge in [-0.1, -0.05) is 36.5 Å². The number of likely N-dealkylation sites (tertiary alicyclic amines) is 1. The molecule has 0 aliphatic carbocycles. The van der Waals surface area contributed by atoms with Crippen molar-refractivity contribution >= 4 is 23.2 Å². The Kier molecular flexibility index (Phi) is 5.92. The lowest BCUT2D eigenvalue weighted by Crippen LogP contribution is -2.57. The number of benzene rings is 1. The van der Waals surface area contributed by atoms with Crippen molar-refractivity contribution in [2.45, 2.75) is 51.1 Å². The molecule has 2 atom stereocenters. The highest BCUT2D eigenvalue weighted by molar-refractivity contribution is 6.33. The summed E-state index contributed by atoms with van der Waals surface area (Å²) < 4.78 is 0. The number of hydrogen-bond acceptors (Lipinski definition) is 3. The summed E-state index contributed by atoms with van der Waals surface area (Å²) in [6.45, 7) is 6.69. The Labute approximate surface area is 137 Å². The Morgan fingerprint density at radius 1 is 1.29 bits per heavy atom. The van der Waals surface area contributed by atoms with E-state index in [2.05, 4.69) is 24.2 Å². The molecule has 3 N–H and O–H groups in total. The Morgan fingerprint density at radius 3 is 2.52 bits per heavy atom. The summed E-state index contributed by atoms with van der Waals surface area (Å²) in [5.41, 5.74) is 3.88. The average Bonchev–Trinajstić information content (AvgIpc) is 2.52. The van der Waals surface area contributed by atoms with Crippen LogP contribution in [-0.2, 0) is 0 Å². The molecule has 0 radical (unpaired) electrons. The second kappa shape index (κ2) is 7.30. The topological polar surface area (TPSA) is 41.3 Å². The third-order valence-corrected chi connectivity index (χ3v) is 5.43. The van der Waals surface area contributed by atoms with Gasteiger partial charge in [0.25, 0.3) is 0 Å². The van der Waals surface area contributed by atoms with E-state index < -0.39 is 0 Å². The first kappa shape index (κ1) is 17.0. The lowest BCUT2D eigenvalue weighted by molar-refractivity contribution is 0.0424. The molecule has 0 bridgehead atoms. The minimum absolute atomic E-state index is 0.0493. The minimum Gasteiger partial charge on any atom is -0.296 e. The fraction of sp³-hybridized carbons (Fsp3) is 0.625. The maximum Gasteiger partial charge on any atom is 0.0656 e. The van der Waals surface area contributed by atoms with Gasteiger partial charge in [0.1, 0.15) is 0 Å². The molecule has 3 nitrogen and oxygen atoms in total. The Morgan fingerprint density at radius 2 is 1.95 bits per heavy atom. The van der Waals surface area contributed by atoms with E-state index >= 15 is 0 Å². The highest BCUT2D eigenvalue weighted by Crippen LogP contribution is 2.39. The number of rotatable bonds is 5. The molecule has 1 aliphatic rings. The molecule has 1 saturated heterocycles. The maximum atomic E-state index is 6.40. The van der Waals surface area contributed by atoms with E-state index in [4.69, 9.17) is 29.0 Å². The van der Waals surface area contributed by atoms with Crippen molar-refractivity contribution in [2.24, 2.45) is 5.84 Å². The molecule has 2 unspecified atom stereocenters. The van der Waals surface area contributed by atoms with E-state index in [1.807, 2.05) is 18.2 Å². The predicted molar refractivity (Wildman–Crippen MR) is 90.6 cm³/mol. The molecule has 21 heavy (non-hydrogen) atoms. The molecular formula is C16H25Cl2N3. The number of nitrogens with one attached hydrogen (secondary N) is 1. The molecular weight excluding hydrogens is 305 g/mol. The van der Waals surface area contributed by atoms with Crippen molar-refractivity contribution in [1.29, 1.82) is 0 Å². The zero-order valence-corrected chi connectivity index (χ0v) is 14.3. The van der Waals surface area contributed by atoms with Gasteiger partial charge in [-0.15, -0.1) is 0 Å². The monoisotopic (exact) mass is 329 g/mol. The lowest BCUT2D eigenvalue weighted by Gasteiger charge is -2.48. The van der Waals surface area contributed by atoms with Gasteiger partial charge in [-0.25, -0.2) is 0 Å². The summed E-state index contributed by atoms with van der Waals surface area (Å²) >= 11 is 12.6. The number of halogens is 2. The first-order chi connectivity index (χ1) is 10.0. The van der Waals surface area contributed by atoms with Crippen molar-refractivity contribution in [3.63, 3.8) is 0 Å². The summed E-state index contributed by atoms with van der Waals surface area (Å²) in [5.74, 6) is 5.91. The molecule has 118 valence electrons. The van der Waals surface area contributed by atoms with Crippen molar-refractivity contribution in [1.82, 2.24) is 10.3 Å². The highest BCUT2D eigenvalue weighted by Gasteiger charge is 2.40. The van der Waals surface area contributed by atoms with Crippen LogP contribution in [0.2, 0.25) is 10.0 Å². The van der Waals surface area contributed by atoms with Gasteiger partial charge in [0, 0.05) is 15.6 Å². The van der Waals surface area contributed by atoms with Crippen molar-refractivity contribution in [2.75, 3.05) is 13.1 Å². The fourth-order valence-electron chi connectivity index (χ4n) is 3.36. The van der Waals surface area contributed by atoms with E-state index in [0.29, 0.717) is 10.0 Å². The van der Waals surface area contributed by atoms with Crippen LogP contribution in [0.15, 0.2) is 18.2 Å². The molecule has 1 aromatic carbocycles. The second-order valence-corrected chi connectivity index (χ2v) is 6.87. The van der Waals surface area contributed by atoms with Crippen molar-refractivity contribution < 1.29 is 0 Å². The van der Waals surface area contributed by atoms with Gasteiger partial charge >= 0.3 is 0 Å². The molecule has 0 aromatic heterocycles. The van der Waals surface area contributed by atoms with Crippen LogP contribution in [0, 0.1) is 0 Å². The molecule has 0 amide bonds. The fourth-order valence-corrected chi connectivity index (χ4v) is 3.76. The minimum atomic E-state index is -0.0799. The number of nitrogens with zero attached hydrogens (tertiary/aromatic N) is 1. The Bertz CT molecular complexity index is 475. The van der Waals surface area contributed by atoms with Crippen molar-refractivity contribution in [3.8, 4) is 0 Å². The predicted octanol–water partition coefficient (Wildman–Crippen LogP) is 4.15. The third kappa shape index (κ3) is 3.54. The Hall–Kier alpha value is -0.320. The van der Waals surface area contributed by atoms with E-state index in [1.165, 1.54) is 19.3 Å². The van der Waals surface area contributed by atoms with E-state index in [-0.39, 0.29) is 11.6 Å². The van der Waals surface area contributed by atoms with E-state index in [0.717, 1.165) is 25.1 Å². The van der Waals surface area contributed by atoms with Crippen LogP contribution in [0.3, 0.4) is 0 Å². The summed E-state index contributed by atoms with van der Waals surface area (Å²) in [7, 11) is 0. The zero-order chi connectivity index (χ0) is 15.5. The van der Waals surface area contributed by atoms with Crippen LogP contribution in [0.5, 0.6) is 0 Å². The molecule has 1 heterocycles. The van der Waals surface area contributed by atoms with Gasteiger partial charge < -0.3 is 0 Å². The average molecular weight is 330 g/mol. The molecule has 0 spiro atoms. The normalized spacial score (nSPS) is 21.0. The summed E-state index contributed by atoms with van der Waals surface area (Å²) in [6.07, 6.45) is 4.80. The SMILES string of the molecule is CCC(C)(C(NN)c1cc(Cl)ccc1Cl)N1CCCCC1. The van der Waals surface area contributed by atoms with Crippen LogP contribution in [0.1, 0.15) is 51.1 Å². The number of nitrogens with two attached hydrogens (primary N) is 1. The quantitative estimate of drug-likeness (QED) is 0.629. The lowest BCUT2D eigenvalue weighted by atomic mass is 9.82. The smallest absolute Gasteiger partial charge is 0.0656 e. The largest absolute Gasteiger partial charge is 0.296 e. The molecule has 5 heteroatoms. The van der Waals surface area contributed by atoms with Crippen LogP contribution in [0.25, 0.3) is 0 Å². The van der Waals surface area contributed by atoms with Gasteiger partial charge in [0.15, 0.2) is 0 Å². The first-order valence-corrected chi connectivity index (χ1v) is 8.44. The van der Waals surface area contributed by atoms with Gasteiger partial charge in [-0.05, 0) is 63.0 Å². The van der Waals surface area contributed by atoms with E-state index in [1.54, 1.807) is 0 Å². The number of hydrogen-bond donors (Lipinski definition) is 2. The molecule has 2 rings (SSSR count). The van der Waals surface area contributed by atoms with Gasteiger partial charge in [0.05, 0.1) is 6.04 Å². The molecule has 1 aromatic rings. The van der Waals surface area contributed by atoms with Gasteiger partial charge in [-0.2, -0.15) is 0 Å². The van der Waals surface area contributed by atoms with Crippen LogP contribution in [0.4, 0.5) is 0 Å². The van der Waals surface area contributed by atoms with Crippen molar-refractivity contribution in [3.05, 3.63) is 33.8 Å². The number of hydrazine groups is 1. The molecule has 0 saturated carbocycles. The molecule has 1 fully saturated rings. The van der Waals surface area contributed by atoms with Crippen LogP contribution < -0.4 is 11.3 Å². The van der Waals surface area contributed by atoms with Gasteiger partial charge in [-0.3, -0.25) is 16.2 Å². The van der Waals surface area contributed by atoms with E-state index in [9.17, 15) is 0 Å². The highest BCUT2D eigenvalue weighted by atomic mass is 35.5. The summed E-state index contributed by atoms with van der Waals surface area (Å²) in [6, 6.07) is 5.53. The standard InChI is InChI=1S/C16H25Cl2N3/c1-3-16(2,21-9-5-4-6-10-21)15(20-19)13-11-12(17)7-8-14(13)18/h7-8,11,15,20H,3-6,9-10,19H2,1-2H3. The summed E-state index contributed by atoms with van der Waals surface area (Å²) in [4.78, 5) is 2.54. The van der Waals surface area contributed by atoms with Crippen LogP contribution >= 0.6 is 23.2 Å². The molecule has 1 aliphatic heterocycles. The van der Waals surface area contributed by atoms with Crippen LogP contribution in [-0.4, -0.2) is 23.5 Å². The second-order valence-electron chi connectivity index (χ2n) is 6.02. The first-order valence-electron chi connectivity index (χ1n) is 7.69. The maximum absolute atomic E-state index is 6.40. The number of piperidine rings is 1. The van der Waals surface area contributed by atoms with Gasteiger partial charge in [0.2, 0.25) is 0 Å². The zero-order valence-electron chi connectivity index (χ0n) is 12.8. The Balaban J connectivity index is 2.38.